The van der Waals surface area contributed by atoms with E-state index in [2.05, 4.69) is 31.1 Å². The Bertz CT molecular complexity index is 554. The molecule has 0 aliphatic carbocycles. The first-order chi connectivity index (χ1) is 8.97. The van der Waals surface area contributed by atoms with Gasteiger partial charge in [0.2, 0.25) is 0 Å². The Balaban J connectivity index is 2.10. The van der Waals surface area contributed by atoms with Crippen molar-refractivity contribution in [2.75, 3.05) is 5.32 Å². The third-order valence-electron chi connectivity index (χ3n) is 2.95. The number of hydrogen-bond donors (Lipinski definition) is 1. The third kappa shape index (κ3) is 3.41. The summed E-state index contributed by atoms with van der Waals surface area (Å²) in [6.45, 7) is 6.49. The van der Waals surface area contributed by atoms with Gasteiger partial charge in [0.15, 0.2) is 0 Å². The minimum atomic E-state index is -0.120. The Kier molecular flexibility index (Phi) is 3.65. The Hall–Kier alpha value is -2.16. The largest absolute Gasteiger partial charge is 0.322 e. The second-order valence-electron chi connectivity index (χ2n) is 5.52. The number of pyridine rings is 1. The average molecular weight is 254 g/mol. The van der Waals surface area contributed by atoms with Gasteiger partial charge in [-0.25, -0.2) is 0 Å². The molecule has 1 aromatic carbocycles. The summed E-state index contributed by atoms with van der Waals surface area (Å²) >= 11 is 0. The summed E-state index contributed by atoms with van der Waals surface area (Å²) in [6, 6.07) is 11.3. The first-order valence-electron chi connectivity index (χ1n) is 6.29. The molecule has 0 aliphatic heterocycles. The molecule has 2 rings (SSSR count). The second-order valence-corrected chi connectivity index (χ2v) is 5.52. The predicted octanol–water partition coefficient (Wildman–Crippen LogP) is 3.63. The van der Waals surface area contributed by atoms with Crippen molar-refractivity contribution in [2.45, 2.75) is 26.2 Å². The lowest BCUT2D eigenvalue weighted by atomic mass is 9.87. The lowest BCUT2D eigenvalue weighted by Gasteiger charge is -2.19. The smallest absolute Gasteiger partial charge is 0.255 e. The molecule has 0 aliphatic rings. The van der Waals surface area contributed by atoms with Gasteiger partial charge in [-0.2, -0.15) is 0 Å². The fourth-order valence-electron chi connectivity index (χ4n) is 1.76. The molecule has 0 bridgehead atoms. The van der Waals surface area contributed by atoms with E-state index in [0.29, 0.717) is 5.56 Å². The van der Waals surface area contributed by atoms with Crippen molar-refractivity contribution in [3.8, 4) is 0 Å². The topological polar surface area (TPSA) is 42.0 Å². The molecular formula is C16H18N2O. The van der Waals surface area contributed by atoms with Crippen LogP contribution in [0, 0.1) is 0 Å². The van der Waals surface area contributed by atoms with E-state index in [0.717, 1.165) is 5.69 Å². The van der Waals surface area contributed by atoms with Crippen LogP contribution in [-0.2, 0) is 5.41 Å². The molecule has 0 unspecified atom stereocenters. The van der Waals surface area contributed by atoms with E-state index >= 15 is 0 Å². The maximum Gasteiger partial charge on any atom is 0.255 e. The average Bonchev–Trinajstić information content (AvgIpc) is 2.39. The molecule has 2 aromatic rings. The fraction of sp³-hybridized carbons (Fsp3) is 0.250. The molecule has 1 amide bonds. The summed E-state index contributed by atoms with van der Waals surface area (Å²) in [6.07, 6.45) is 3.22. The summed E-state index contributed by atoms with van der Waals surface area (Å²) in [7, 11) is 0. The molecule has 1 aromatic heterocycles. The van der Waals surface area contributed by atoms with E-state index in [4.69, 9.17) is 0 Å². The van der Waals surface area contributed by atoms with E-state index in [-0.39, 0.29) is 11.3 Å². The van der Waals surface area contributed by atoms with Crippen LogP contribution in [0.4, 0.5) is 5.69 Å². The minimum Gasteiger partial charge on any atom is -0.322 e. The SMILES string of the molecule is CC(C)(C)c1ccc(NC(=O)c2ccncc2)cc1. The highest BCUT2D eigenvalue weighted by atomic mass is 16.1. The Morgan fingerprint density at radius 1 is 1.00 bits per heavy atom. The van der Waals surface area contributed by atoms with Crippen LogP contribution in [0.5, 0.6) is 0 Å². The Labute approximate surface area is 113 Å². The van der Waals surface area contributed by atoms with Crippen LogP contribution in [-0.4, -0.2) is 10.9 Å². The highest BCUT2D eigenvalue weighted by Gasteiger charge is 2.13. The zero-order valence-corrected chi connectivity index (χ0v) is 11.5. The van der Waals surface area contributed by atoms with Crippen LogP contribution in [0.1, 0.15) is 36.7 Å². The number of nitrogens with zero attached hydrogens (tertiary/aromatic N) is 1. The van der Waals surface area contributed by atoms with Crippen molar-refractivity contribution < 1.29 is 4.79 Å². The first-order valence-corrected chi connectivity index (χ1v) is 6.29. The van der Waals surface area contributed by atoms with E-state index < -0.39 is 0 Å². The number of nitrogens with one attached hydrogen (secondary N) is 1. The molecule has 0 saturated heterocycles. The van der Waals surface area contributed by atoms with Crippen LogP contribution < -0.4 is 5.32 Å². The van der Waals surface area contributed by atoms with Gasteiger partial charge < -0.3 is 5.32 Å². The van der Waals surface area contributed by atoms with Gasteiger partial charge in [-0.15, -0.1) is 0 Å². The second kappa shape index (κ2) is 5.22. The van der Waals surface area contributed by atoms with Crippen LogP contribution in [0.3, 0.4) is 0 Å². The van der Waals surface area contributed by atoms with Gasteiger partial charge >= 0.3 is 0 Å². The molecule has 0 radical (unpaired) electrons. The van der Waals surface area contributed by atoms with Gasteiger partial charge in [-0.3, -0.25) is 9.78 Å². The van der Waals surface area contributed by atoms with E-state index in [1.807, 2.05) is 24.3 Å². The molecule has 1 N–H and O–H groups in total. The molecule has 0 spiro atoms. The Morgan fingerprint density at radius 3 is 2.11 bits per heavy atom. The molecule has 19 heavy (non-hydrogen) atoms. The molecule has 0 fully saturated rings. The van der Waals surface area contributed by atoms with Crippen molar-refractivity contribution in [3.63, 3.8) is 0 Å². The summed E-state index contributed by atoms with van der Waals surface area (Å²) in [5.41, 5.74) is 2.77. The Morgan fingerprint density at radius 2 is 1.58 bits per heavy atom. The number of aromatic nitrogens is 1. The van der Waals surface area contributed by atoms with Crippen molar-refractivity contribution in [1.82, 2.24) is 4.98 Å². The molecular weight excluding hydrogens is 236 g/mol. The van der Waals surface area contributed by atoms with Crippen molar-refractivity contribution >= 4 is 11.6 Å². The highest BCUT2D eigenvalue weighted by Crippen LogP contribution is 2.23. The lowest BCUT2D eigenvalue weighted by Crippen LogP contribution is -2.13. The van der Waals surface area contributed by atoms with Gasteiger partial charge in [0.1, 0.15) is 0 Å². The van der Waals surface area contributed by atoms with Crippen molar-refractivity contribution in [3.05, 3.63) is 59.9 Å². The zero-order chi connectivity index (χ0) is 13.9. The third-order valence-corrected chi connectivity index (χ3v) is 2.95. The van der Waals surface area contributed by atoms with Gasteiger partial charge in [-0.05, 0) is 35.2 Å². The number of benzene rings is 1. The molecule has 3 heteroatoms. The maximum absolute atomic E-state index is 12.0. The summed E-state index contributed by atoms with van der Waals surface area (Å²) in [5.74, 6) is -0.120. The number of anilines is 1. The van der Waals surface area contributed by atoms with Crippen molar-refractivity contribution in [1.29, 1.82) is 0 Å². The predicted molar refractivity (Wildman–Crippen MR) is 77.3 cm³/mol. The van der Waals surface area contributed by atoms with E-state index in [1.165, 1.54) is 5.56 Å². The van der Waals surface area contributed by atoms with Crippen molar-refractivity contribution in [2.24, 2.45) is 0 Å². The molecule has 0 saturated carbocycles. The highest BCUT2D eigenvalue weighted by molar-refractivity contribution is 6.04. The van der Waals surface area contributed by atoms with Gasteiger partial charge in [0.25, 0.3) is 5.91 Å². The van der Waals surface area contributed by atoms with Gasteiger partial charge in [0, 0.05) is 23.6 Å². The minimum absolute atomic E-state index is 0.119. The van der Waals surface area contributed by atoms with E-state index in [9.17, 15) is 4.79 Å². The molecule has 98 valence electrons. The van der Waals surface area contributed by atoms with Crippen LogP contribution >= 0.6 is 0 Å². The number of hydrogen-bond acceptors (Lipinski definition) is 2. The number of rotatable bonds is 2. The monoisotopic (exact) mass is 254 g/mol. The molecule has 1 heterocycles. The number of amides is 1. The summed E-state index contributed by atoms with van der Waals surface area (Å²) < 4.78 is 0. The van der Waals surface area contributed by atoms with Crippen LogP contribution in [0.25, 0.3) is 0 Å². The fourth-order valence-corrected chi connectivity index (χ4v) is 1.76. The standard InChI is InChI=1S/C16H18N2O/c1-16(2,3)13-4-6-14(7-5-13)18-15(19)12-8-10-17-11-9-12/h4-11H,1-3H3,(H,18,19). The molecule has 3 nitrogen and oxygen atoms in total. The molecule has 0 atom stereocenters. The number of carbonyl (C=O) groups is 1. The first kappa shape index (κ1) is 13.3. The van der Waals surface area contributed by atoms with E-state index in [1.54, 1.807) is 24.5 Å². The van der Waals surface area contributed by atoms with Gasteiger partial charge in [-0.1, -0.05) is 32.9 Å². The number of carbonyl (C=O) groups excluding carboxylic acids is 1. The quantitative estimate of drug-likeness (QED) is 0.889. The zero-order valence-electron chi connectivity index (χ0n) is 11.5. The van der Waals surface area contributed by atoms with Crippen LogP contribution in [0.2, 0.25) is 0 Å². The summed E-state index contributed by atoms with van der Waals surface area (Å²) in [4.78, 5) is 15.9. The van der Waals surface area contributed by atoms with Crippen LogP contribution in [0.15, 0.2) is 48.8 Å². The lowest BCUT2D eigenvalue weighted by molar-refractivity contribution is 0.102. The summed E-state index contributed by atoms with van der Waals surface area (Å²) in [5, 5.41) is 2.87. The normalized spacial score (nSPS) is 11.1. The van der Waals surface area contributed by atoms with Gasteiger partial charge in [0.05, 0.1) is 0 Å². The maximum atomic E-state index is 12.0.